The molecule has 1 aromatic heterocycles. The third-order valence-corrected chi connectivity index (χ3v) is 3.56. The van der Waals surface area contributed by atoms with Crippen LogP contribution in [0.4, 0.5) is 0 Å². The van der Waals surface area contributed by atoms with Crippen molar-refractivity contribution in [3.8, 4) is 11.1 Å². The largest absolute Gasteiger partial charge is 0.461 e. The van der Waals surface area contributed by atoms with E-state index in [2.05, 4.69) is 6.92 Å². The van der Waals surface area contributed by atoms with Crippen molar-refractivity contribution < 1.29 is 9.53 Å². The number of carbonyl (C=O) groups excluding carboxylic acids is 1. The summed E-state index contributed by atoms with van der Waals surface area (Å²) in [6.07, 6.45) is 1.95. The number of hydrogen-bond acceptors (Lipinski definition) is 3. The fourth-order valence-electron chi connectivity index (χ4n) is 1.69. The normalized spacial score (nSPS) is 10.3. The molecule has 0 aliphatic rings. The van der Waals surface area contributed by atoms with Gasteiger partial charge in [0.25, 0.3) is 0 Å². The van der Waals surface area contributed by atoms with Crippen LogP contribution in [0, 0.1) is 0 Å². The molecule has 0 saturated carbocycles. The summed E-state index contributed by atoms with van der Waals surface area (Å²) >= 11 is 1.44. The number of esters is 1. The Morgan fingerprint density at radius 1 is 1.22 bits per heavy atom. The van der Waals surface area contributed by atoms with Crippen molar-refractivity contribution in [3.63, 3.8) is 0 Å². The molecule has 1 aromatic carbocycles. The van der Waals surface area contributed by atoms with Crippen LogP contribution in [-0.2, 0) is 4.74 Å². The van der Waals surface area contributed by atoms with Gasteiger partial charge in [0.15, 0.2) is 0 Å². The Hall–Kier alpha value is -1.61. The lowest BCUT2D eigenvalue weighted by atomic mass is 10.1. The summed E-state index contributed by atoms with van der Waals surface area (Å²) in [5.74, 6) is -0.211. The zero-order valence-corrected chi connectivity index (χ0v) is 11.2. The van der Waals surface area contributed by atoms with Gasteiger partial charge in [0, 0.05) is 5.56 Å². The molecule has 0 N–H and O–H groups in total. The summed E-state index contributed by atoms with van der Waals surface area (Å²) in [5.41, 5.74) is 2.02. The second kappa shape index (κ2) is 6.36. The van der Waals surface area contributed by atoms with Crippen molar-refractivity contribution >= 4 is 17.3 Å². The van der Waals surface area contributed by atoms with Crippen LogP contribution in [0.1, 0.15) is 29.4 Å². The Kier molecular flexibility index (Phi) is 4.53. The molecule has 18 heavy (non-hydrogen) atoms. The maximum atomic E-state index is 12.0. The molecule has 0 bridgehead atoms. The van der Waals surface area contributed by atoms with Gasteiger partial charge < -0.3 is 4.74 Å². The Labute approximate surface area is 111 Å². The van der Waals surface area contributed by atoms with Crippen LogP contribution in [0.5, 0.6) is 0 Å². The summed E-state index contributed by atoms with van der Waals surface area (Å²) in [6, 6.07) is 11.9. The van der Waals surface area contributed by atoms with Gasteiger partial charge in [-0.3, -0.25) is 0 Å². The minimum Gasteiger partial charge on any atom is -0.461 e. The maximum absolute atomic E-state index is 12.0. The minimum absolute atomic E-state index is 0.211. The first-order valence-electron chi connectivity index (χ1n) is 6.13. The van der Waals surface area contributed by atoms with Gasteiger partial charge in [0.1, 0.15) is 4.88 Å². The fraction of sp³-hybridized carbons (Fsp3) is 0.267. The van der Waals surface area contributed by atoms with E-state index >= 15 is 0 Å². The second-order valence-electron chi connectivity index (χ2n) is 4.02. The highest BCUT2D eigenvalue weighted by Crippen LogP contribution is 2.28. The number of rotatable bonds is 5. The summed E-state index contributed by atoms with van der Waals surface area (Å²) in [4.78, 5) is 12.7. The Morgan fingerprint density at radius 3 is 2.72 bits per heavy atom. The Balaban J connectivity index is 2.15. The van der Waals surface area contributed by atoms with Gasteiger partial charge in [-0.15, -0.1) is 11.3 Å². The third-order valence-electron chi connectivity index (χ3n) is 2.67. The Bertz CT molecular complexity index is 502. The first kappa shape index (κ1) is 12.8. The van der Waals surface area contributed by atoms with Crippen LogP contribution in [0.2, 0.25) is 0 Å². The predicted octanol–water partition coefficient (Wildman–Crippen LogP) is 4.37. The molecule has 0 spiro atoms. The average molecular weight is 260 g/mol. The molecule has 0 unspecified atom stereocenters. The zero-order chi connectivity index (χ0) is 12.8. The standard InChI is InChI=1S/C15H16O2S/c1-2-3-10-17-15(16)14-13(9-11-18-14)12-7-5-4-6-8-12/h4-9,11H,2-3,10H2,1H3. The van der Waals surface area contributed by atoms with Crippen LogP contribution in [0.25, 0.3) is 11.1 Å². The van der Waals surface area contributed by atoms with E-state index in [1.54, 1.807) is 0 Å². The molecule has 1 heterocycles. The van der Waals surface area contributed by atoms with Crippen molar-refractivity contribution in [1.29, 1.82) is 0 Å². The molecule has 2 rings (SSSR count). The highest BCUT2D eigenvalue weighted by Gasteiger charge is 2.15. The average Bonchev–Trinajstić information content (AvgIpc) is 2.89. The van der Waals surface area contributed by atoms with Crippen molar-refractivity contribution in [3.05, 3.63) is 46.7 Å². The van der Waals surface area contributed by atoms with E-state index in [9.17, 15) is 4.79 Å². The molecule has 2 nitrogen and oxygen atoms in total. The Morgan fingerprint density at radius 2 is 2.00 bits per heavy atom. The van der Waals surface area contributed by atoms with Crippen LogP contribution < -0.4 is 0 Å². The minimum atomic E-state index is -0.211. The van der Waals surface area contributed by atoms with E-state index in [-0.39, 0.29) is 5.97 Å². The molecule has 0 aliphatic carbocycles. The lowest BCUT2D eigenvalue weighted by Crippen LogP contribution is -2.05. The SMILES string of the molecule is CCCCOC(=O)c1sccc1-c1ccccc1. The second-order valence-corrected chi connectivity index (χ2v) is 4.94. The maximum Gasteiger partial charge on any atom is 0.348 e. The summed E-state index contributed by atoms with van der Waals surface area (Å²) < 4.78 is 5.26. The molecule has 0 fully saturated rings. The van der Waals surface area contributed by atoms with Gasteiger partial charge in [-0.05, 0) is 23.4 Å². The van der Waals surface area contributed by atoms with Crippen LogP contribution in [0.3, 0.4) is 0 Å². The topological polar surface area (TPSA) is 26.3 Å². The van der Waals surface area contributed by atoms with E-state index in [1.165, 1.54) is 11.3 Å². The lowest BCUT2D eigenvalue weighted by Gasteiger charge is -2.05. The van der Waals surface area contributed by atoms with E-state index in [1.807, 2.05) is 41.8 Å². The molecule has 2 aromatic rings. The molecule has 0 radical (unpaired) electrons. The highest BCUT2D eigenvalue weighted by atomic mass is 32.1. The predicted molar refractivity (Wildman–Crippen MR) is 74.9 cm³/mol. The molecule has 3 heteroatoms. The molecule has 0 atom stereocenters. The number of thiophene rings is 1. The van der Waals surface area contributed by atoms with Crippen LogP contribution in [-0.4, -0.2) is 12.6 Å². The molecule has 0 aliphatic heterocycles. The van der Waals surface area contributed by atoms with Gasteiger partial charge in [-0.2, -0.15) is 0 Å². The molecular formula is C15H16O2S. The lowest BCUT2D eigenvalue weighted by molar-refractivity contribution is 0.0506. The van der Waals surface area contributed by atoms with E-state index < -0.39 is 0 Å². The van der Waals surface area contributed by atoms with E-state index in [4.69, 9.17) is 4.74 Å². The van der Waals surface area contributed by atoms with Gasteiger partial charge in [-0.25, -0.2) is 4.79 Å². The van der Waals surface area contributed by atoms with E-state index in [0.29, 0.717) is 11.5 Å². The van der Waals surface area contributed by atoms with E-state index in [0.717, 1.165) is 24.0 Å². The number of unbranched alkanes of at least 4 members (excludes halogenated alkanes) is 1. The van der Waals surface area contributed by atoms with Gasteiger partial charge in [0.05, 0.1) is 6.61 Å². The first-order valence-corrected chi connectivity index (χ1v) is 7.01. The van der Waals surface area contributed by atoms with Crippen molar-refractivity contribution in [2.45, 2.75) is 19.8 Å². The number of carbonyl (C=O) groups is 1. The van der Waals surface area contributed by atoms with Gasteiger partial charge >= 0.3 is 5.97 Å². The fourth-order valence-corrected chi connectivity index (χ4v) is 2.50. The monoisotopic (exact) mass is 260 g/mol. The zero-order valence-electron chi connectivity index (χ0n) is 10.4. The van der Waals surface area contributed by atoms with Crippen molar-refractivity contribution in [2.24, 2.45) is 0 Å². The van der Waals surface area contributed by atoms with Crippen molar-refractivity contribution in [2.75, 3.05) is 6.61 Å². The van der Waals surface area contributed by atoms with Gasteiger partial charge in [-0.1, -0.05) is 43.7 Å². The molecule has 0 amide bonds. The smallest absolute Gasteiger partial charge is 0.348 e. The summed E-state index contributed by atoms with van der Waals surface area (Å²) in [5, 5.41) is 1.93. The van der Waals surface area contributed by atoms with Gasteiger partial charge in [0.2, 0.25) is 0 Å². The highest BCUT2D eigenvalue weighted by molar-refractivity contribution is 7.12. The molecular weight excluding hydrogens is 244 g/mol. The summed E-state index contributed by atoms with van der Waals surface area (Å²) in [6.45, 7) is 2.58. The number of ether oxygens (including phenoxy) is 1. The van der Waals surface area contributed by atoms with Crippen LogP contribution >= 0.6 is 11.3 Å². The first-order chi connectivity index (χ1) is 8.83. The quantitative estimate of drug-likeness (QED) is 0.589. The number of hydrogen-bond donors (Lipinski definition) is 0. The summed E-state index contributed by atoms with van der Waals surface area (Å²) in [7, 11) is 0. The molecule has 0 saturated heterocycles. The number of benzene rings is 1. The molecule has 94 valence electrons. The van der Waals surface area contributed by atoms with Crippen LogP contribution in [0.15, 0.2) is 41.8 Å². The van der Waals surface area contributed by atoms with Crippen molar-refractivity contribution in [1.82, 2.24) is 0 Å². The third kappa shape index (κ3) is 2.99.